The van der Waals surface area contributed by atoms with E-state index in [4.69, 9.17) is 4.74 Å². The first kappa shape index (κ1) is 20.9. The lowest BCUT2D eigenvalue weighted by Crippen LogP contribution is -2.57. The first-order valence-corrected chi connectivity index (χ1v) is 11.3. The molecule has 0 aliphatic carbocycles. The molecule has 1 unspecified atom stereocenters. The van der Waals surface area contributed by atoms with Gasteiger partial charge in [-0.2, -0.15) is 0 Å². The second kappa shape index (κ2) is 8.81. The number of aromatic nitrogens is 3. The number of hydrogen-bond donors (Lipinski definition) is 1. The predicted molar refractivity (Wildman–Crippen MR) is 115 cm³/mol. The Kier molecular flexibility index (Phi) is 6.15. The van der Waals surface area contributed by atoms with E-state index < -0.39 is 5.60 Å². The van der Waals surface area contributed by atoms with Gasteiger partial charge in [-0.15, -0.1) is 10.2 Å². The number of carbonyl (C=O) groups is 1. The highest BCUT2D eigenvalue weighted by atomic mass is 16.6. The third kappa shape index (κ3) is 4.87. The van der Waals surface area contributed by atoms with E-state index in [0.29, 0.717) is 13.1 Å². The van der Waals surface area contributed by atoms with Crippen molar-refractivity contribution in [2.24, 2.45) is 4.99 Å². The average molecular weight is 418 g/mol. The second-order valence-corrected chi connectivity index (χ2v) is 9.46. The lowest BCUT2D eigenvalue weighted by Gasteiger charge is -2.39. The van der Waals surface area contributed by atoms with Gasteiger partial charge in [0.2, 0.25) is 0 Å². The molecular weight excluding hydrogens is 382 g/mol. The molecule has 1 atom stereocenters. The zero-order valence-corrected chi connectivity index (χ0v) is 18.6. The van der Waals surface area contributed by atoms with Gasteiger partial charge in [0.05, 0.1) is 12.6 Å². The summed E-state index contributed by atoms with van der Waals surface area (Å²) in [6.07, 6.45) is 6.50. The fourth-order valence-electron chi connectivity index (χ4n) is 4.40. The lowest BCUT2D eigenvalue weighted by molar-refractivity contribution is 0.0137. The van der Waals surface area contributed by atoms with Crippen LogP contribution in [0.1, 0.15) is 58.1 Å². The highest BCUT2D eigenvalue weighted by Crippen LogP contribution is 2.19. The number of aliphatic imine (C=N–C) groups is 1. The topological polar surface area (TPSA) is 87.9 Å². The number of fused-ring (bicyclic) bond motifs is 2. The summed E-state index contributed by atoms with van der Waals surface area (Å²) in [5.74, 6) is 3.23. The highest BCUT2D eigenvalue weighted by Gasteiger charge is 2.36. The monoisotopic (exact) mass is 417 g/mol. The quantitative estimate of drug-likeness (QED) is 0.752. The molecule has 4 rings (SSSR count). The SMILES string of the molecule is CC(C)(C)OC(=O)N1CCN2C(NCCCc3nnc4n3CCCCC4)=NCC2C1. The molecule has 4 heterocycles. The Morgan fingerprint density at radius 3 is 2.87 bits per heavy atom. The van der Waals surface area contributed by atoms with Crippen molar-refractivity contribution in [3.63, 3.8) is 0 Å². The summed E-state index contributed by atoms with van der Waals surface area (Å²) in [5, 5.41) is 12.3. The number of guanidine groups is 1. The minimum absolute atomic E-state index is 0.226. The van der Waals surface area contributed by atoms with Crippen LogP contribution >= 0.6 is 0 Å². The molecule has 1 fully saturated rings. The summed E-state index contributed by atoms with van der Waals surface area (Å²) in [6.45, 7) is 10.5. The first-order valence-electron chi connectivity index (χ1n) is 11.3. The van der Waals surface area contributed by atoms with Crippen molar-refractivity contribution in [1.29, 1.82) is 0 Å². The first-order chi connectivity index (χ1) is 14.4. The molecule has 0 radical (unpaired) electrons. The van der Waals surface area contributed by atoms with E-state index in [1.807, 2.05) is 25.7 Å². The number of hydrogen-bond acceptors (Lipinski definition) is 7. The number of carbonyl (C=O) groups excluding carboxylic acids is 1. The zero-order chi connectivity index (χ0) is 21.1. The van der Waals surface area contributed by atoms with Gasteiger partial charge in [-0.3, -0.25) is 4.99 Å². The fraction of sp³-hybridized carbons (Fsp3) is 0.810. The van der Waals surface area contributed by atoms with E-state index in [1.54, 1.807) is 0 Å². The Morgan fingerprint density at radius 1 is 1.17 bits per heavy atom. The Labute approximate surface area is 178 Å². The van der Waals surface area contributed by atoms with Crippen molar-refractivity contribution in [3.8, 4) is 0 Å². The molecule has 0 aromatic carbocycles. The lowest BCUT2D eigenvalue weighted by atomic mass is 10.2. The van der Waals surface area contributed by atoms with Gasteiger partial charge in [0, 0.05) is 45.6 Å². The number of aryl methyl sites for hydroxylation is 2. The van der Waals surface area contributed by atoms with Crippen LogP contribution in [0.3, 0.4) is 0 Å². The largest absolute Gasteiger partial charge is 0.444 e. The molecule has 3 aliphatic rings. The van der Waals surface area contributed by atoms with E-state index in [1.165, 1.54) is 19.3 Å². The Morgan fingerprint density at radius 2 is 2.03 bits per heavy atom. The van der Waals surface area contributed by atoms with Crippen LogP contribution < -0.4 is 5.32 Å². The van der Waals surface area contributed by atoms with Crippen molar-refractivity contribution in [3.05, 3.63) is 11.6 Å². The van der Waals surface area contributed by atoms with Crippen LogP contribution in [-0.2, 0) is 24.1 Å². The summed E-state index contributed by atoms with van der Waals surface area (Å²) in [4.78, 5) is 21.1. The molecule has 9 heteroatoms. The summed E-state index contributed by atoms with van der Waals surface area (Å²) in [7, 11) is 0. The van der Waals surface area contributed by atoms with Crippen LogP contribution in [0.5, 0.6) is 0 Å². The van der Waals surface area contributed by atoms with Gasteiger partial charge in [0.25, 0.3) is 0 Å². The van der Waals surface area contributed by atoms with Crippen LogP contribution in [0, 0.1) is 0 Å². The molecule has 1 amide bonds. The Balaban J connectivity index is 1.21. The molecule has 0 saturated carbocycles. The van der Waals surface area contributed by atoms with Gasteiger partial charge >= 0.3 is 6.09 Å². The van der Waals surface area contributed by atoms with Crippen LogP contribution in [-0.4, -0.2) is 81.0 Å². The van der Waals surface area contributed by atoms with Crippen LogP contribution in [0.25, 0.3) is 0 Å². The van der Waals surface area contributed by atoms with E-state index in [2.05, 4.69) is 30.0 Å². The fourth-order valence-corrected chi connectivity index (χ4v) is 4.40. The van der Waals surface area contributed by atoms with Gasteiger partial charge < -0.3 is 24.4 Å². The van der Waals surface area contributed by atoms with Crippen LogP contribution in [0.2, 0.25) is 0 Å². The van der Waals surface area contributed by atoms with Gasteiger partial charge in [0.1, 0.15) is 17.2 Å². The third-order valence-corrected chi connectivity index (χ3v) is 5.90. The molecule has 3 aliphatic heterocycles. The van der Waals surface area contributed by atoms with E-state index in [-0.39, 0.29) is 12.1 Å². The standard InChI is InChI=1S/C21H35N7O2/c1-21(2,3)30-20(29)26-12-13-27-16(15-26)14-23-19(27)22-10-7-9-18-25-24-17-8-5-4-6-11-28(17)18/h16H,4-15H2,1-3H3,(H,22,23). The minimum atomic E-state index is -0.462. The number of amides is 1. The van der Waals surface area contributed by atoms with Crippen molar-refractivity contribution in [2.75, 3.05) is 32.7 Å². The van der Waals surface area contributed by atoms with Crippen molar-refractivity contribution < 1.29 is 9.53 Å². The molecule has 1 saturated heterocycles. The Hall–Kier alpha value is -2.32. The van der Waals surface area contributed by atoms with E-state index >= 15 is 0 Å². The molecule has 1 aromatic rings. The molecule has 1 aromatic heterocycles. The van der Waals surface area contributed by atoms with Crippen LogP contribution in [0.15, 0.2) is 4.99 Å². The van der Waals surface area contributed by atoms with E-state index in [0.717, 1.165) is 63.0 Å². The minimum Gasteiger partial charge on any atom is -0.444 e. The maximum absolute atomic E-state index is 12.3. The molecule has 1 N–H and O–H groups in total. The van der Waals surface area contributed by atoms with Crippen molar-refractivity contribution in [2.45, 2.75) is 77.5 Å². The van der Waals surface area contributed by atoms with E-state index in [9.17, 15) is 4.79 Å². The number of nitrogens with one attached hydrogen (secondary N) is 1. The molecule has 9 nitrogen and oxygen atoms in total. The number of nitrogens with zero attached hydrogens (tertiary/aromatic N) is 6. The molecular formula is C21H35N7O2. The number of rotatable bonds is 4. The summed E-state index contributed by atoms with van der Waals surface area (Å²) in [6, 6.07) is 0.237. The summed E-state index contributed by atoms with van der Waals surface area (Å²) in [5.41, 5.74) is -0.462. The third-order valence-electron chi connectivity index (χ3n) is 5.90. The van der Waals surface area contributed by atoms with Gasteiger partial charge in [-0.25, -0.2) is 4.79 Å². The molecule has 166 valence electrons. The Bertz CT molecular complexity index is 783. The van der Waals surface area contributed by atoms with Gasteiger partial charge in [0.15, 0.2) is 5.96 Å². The van der Waals surface area contributed by atoms with Crippen molar-refractivity contribution in [1.82, 2.24) is 29.9 Å². The average Bonchev–Trinajstić information content (AvgIpc) is 3.19. The smallest absolute Gasteiger partial charge is 0.410 e. The van der Waals surface area contributed by atoms with Crippen molar-refractivity contribution >= 4 is 12.1 Å². The van der Waals surface area contributed by atoms with Gasteiger partial charge in [-0.05, 0) is 40.0 Å². The molecule has 30 heavy (non-hydrogen) atoms. The maximum Gasteiger partial charge on any atom is 0.410 e. The molecule has 0 spiro atoms. The number of ether oxygens (including phenoxy) is 1. The normalized spacial score (nSPS) is 21.6. The summed E-state index contributed by atoms with van der Waals surface area (Å²) >= 11 is 0. The summed E-state index contributed by atoms with van der Waals surface area (Å²) < 4.78 is 7.84. The van der Waals surface area contributed by atoms with Gasteiger partial charge in [-0.1, -0.05) is 6.42 Å². The molecule has 0 bridgehead atoms. The zero-order valence-electron chi connectivity index (χ0n) is 18.6. The highest BCUT2D eigenvalue weighted by molar-refractivity contribution is 5.82. The van der Waals surface area contributed by atoms with Crippen LogP contribution in [0.4, 0.5) is 4.79 Å². The number of piperazine rings is 1. The maximum atomic E-state index is 12.3. The predicted octanol–water partition coefficient (Wildman–Crippen LogP) is 1.82. The second-order valence-electron chi connectivity index (χ2n) is 9.46.